The van der Waals surface area contributed by atoms with E-state index in [1.807, 2.05) is 0 Å². The Balaban J connectivity index is 1.47. The number of sulfonamides is 1. The first-order valence-electron chi connectivity index (χ1n) is 10.8. The first-order valence-corrected chi connectivity index (χ1v) is 12.2. The summed E-state index contributed by atoms with van der Waals surface area (Å²) in [6.45, 7) is -0.199. The third kappa shape index (κ3) is 5.41. The van der Waals surface area contributed by atoms with Crippen LogP contribution in [0, 0.1) is 5.82 Å². The Morgan fingerprint density at radius 3 is 2.42 bits per heavy atom. The summed E-state index contributed by atoms with van der Waals surface area (Å²) in [4.78, 5) is 24.1. The van der Waals surface area contributed by atoms with Crippen molar-refractivity contribution in [1.82, 2.24) is 19.3 Å². The zero-order valence-corrected chi connectivity index (χ0v) is 19.3. The molecule has 190 valence electrons. The summed E-state index contributed by atoms with van der Waals surface area (Å²) in [6.07, 6.45) is -4.46. The predicted octanol–water partition coefficient (Wildman–Crippen LogP) is 4.00. The van der Waals surface area contributed by atoms with E-state index in [2.05, 4.69) is 15.0 Å². The molecular formula is C23H19F5N4O3S. The number of rotatable bonds is 7. The lowest BCUT2D eigenvalue weighted by Crippen LogP contribution is -2.44. The van der Waals surface area contributed by atoms with E-state index in [1.165, 1.54) is 18.5 Å². The van der Waals surface area contributed by atoms with Gasteiger partial charge in [0.25, 0.3) is 0 Å². The molecule has 2 atom stereocenters. The second-order valence-corrected chi connectivity index (χ2v) is 10.0. The van der Waals surface area contributed by atoms with Gasteiger partial charge in [0.2, 0.25) is 10.0 Å². The summed E-state index contributed by atoms with van der Waals surface area (Å²) in [7, 11) is -4.23. The van der Waals surface area contributed by atoms with Gasteiger partial charge < -0.3 is 0 Å². The van der Waals surface area contributed by atoms with Crippen LogP contribution in [0.25, 0.3) is 11.3 Å². The number of hydrogen-bond donors (Lipinski definition) is 0. The molecule has 0 radical (unpaired) electrons. The Kier molecular flexibility index (Phi) is 7.14. The molecule has 4 rings (SSSR count). The number of ketones is 1. The van der Waals surface area contributed by atoms with Gasteiger partial charge in [0.1, 0.15) is 30.1 Å². The molecule has 1 saturated heterocycles. The molecule has 0 saturated carbocycles. The molecule has 1 aromatic carbocycles. The summed E-state index contributed by atoms with van der Waals surface area (Å²) < 4.78 is 92.7. The van der Waals surface area contributed by atoms with E-state index in [1.54, 1.807) is 0 Å². The van der Waals surface area contributed by atoms with Gasteiger partial charge in [-0.25, -0.2) is 27.2 Å². The maximum atomic E-state index is 14.6. The van der Waals surface area contributed by atoms with Gasteiger partial charge in [-0.05, 0) is 55.3 Å². The number of halogens is 5. The van der Waals surface area contributed by atoms with Gasteiger partial charge in [0.15, 0.2) is 5.78 Å². The van der Waals surface area contributed by atoms with Crippen LogP contribution >= 0.6 is 0 Å². The van der Waals surface area contributed by atoms with Crippen molar-refractivity contribution in [3.8, 4) is 11.3 Å². The van der Waals surface area contributed by atoms with Crippen molar-refractivity contribution in [1.29, 1.82) is 0 Å². The van der Waals surface area contributed by atoms with Crippen LogP contribution in [0.5, 0.6) is 0 Å². The third-order valence-corrected chi connectivity index (χ3v) is 7.62. The maximum absolute atomic E-state index is 14.6. The van der Waals surface area contributed by atoms with Crippen LogP contribution < -0.4 is 0 Å². The normalized spacial score (nSPS) is 18.9. The number of aryl methyl sites for hydroxylation is 1. The Hall–Kier alpha value is -3.32. The topological polar surface area (TPSA) is 93.1 Å². The monoisotopic (exact) mass is 526 g/mol. The van der Waals surface area contributed by atoms with Crippen molar-refractivity contribution in [3.05, 3.63) is 72.2 Å². The fourth-order valence-corrected chi connectivity index (χ4v) is 5.55. The number of Topliss-reactive ketones (excluding diaryl/α,β-unsaturated/α-hetero) is 1. The molecule has 0 aliphatic carbocycles. The first-order chi connectivity index (χ1) is 17.0. The highest BCUT2D eigenvalue weighted by Gasteiger charge is 2.45. The van der Waals surface area contributed by atoms with Gasteiger partial charge in [0.05, 0.1) is 10.6 Å². The summed E-state index contributed by atoms with van der Waals surface area (Å²) >= 11 is 0. The minimum absolute atomic E-state index is 0.0239. The number of benzene rings is 1. The van der Waals surface area contributed by atoms with E-state index in [-0.39, 0.29) is 36.4 Å². The molecule has 1 aliphatic heterocycles. The minimum Gasteiger partial charge on any atom is -0.298 e. The van der Waals surface area contributed by atoms with Crippen LogP contribution in [0.1, 0.15) is 24.2 Å². The molecule has 3 heterocycles. The highest BCUT2D eigenvalue weighted by Crippen LogP contribution is 2.31. The molecule has 2 aromatic heterocycles. The number of nitrogens with zero attached hydrogens (tertiary/aromatic N) is 4. The van der Waals surface area contributed by atoms with Crippen molar-refractivity contribution in [2.24, 2.45) is 0 Å². The molecular weight excluding hydrogens is 507 g/mol. The SMILES string of the molecule is O=C(CCc1cc(-c2ccc(C(F)(F)F)nc2)ncn1)[C@@H]1[C@H](F)CCN1S(=O)(=O)c1ccc(F)cc1. The second kappa shape index (κ2) is 9.97. The van der Waals surface area contributed by atoms with Crippen molar-refractivity contribution in [2.75, 3.05) is 6.54 Å². The van der Waals surface area contributed by atoms with Gasteiger partial charge in [-0.15, -0.1) is 0 Å². The quantitative estimate of drug-likeness (QED) is 0.432. The van der Waals surface area contributed by atoms with Crippen LogP contribution in [0.2, 0.25) is 0 Å². The van der Waals surface area contributed by atoms with Crippen molar-refractivity contribution in [3.63, 3.8) is 0 Å². The Morgan fingerprint density at radius 1 is 1.06 bits per heavy atom. The van der Waals surface area contributed by atoms with Gasteiger partial charge >= 0.3 is 6.18 Å². The van der Waals surface area contributed by atoms with E-state index in [9.17, 15) is 35.2 Å². The fourth-order valence-electron chi connectivity index (χ4n) is 3.91. The highest BCUT2D eigenvalue weighted by molar-refractivity contribution is 7.89. The van der Waals surface area contributed by atoms with Crippen molar-refractivity contribution < 1.29 is 35.2 Å². The molecule has 0 N–H and O–H groups in total. The number of alkyl halides is 4. The number of carbonyl (C=O) groups excluding carboxylic acids is 1. The van der Waals surface area contributed by atoms with Crippen LogP contribution in [-0.4, -0.2) is 52.2 Å². The second-order valence-electron chi connectivity index (χ2n) is 8.11. The van der Waals surface area contributed by atoms with Gasteiger partial charge in [-0.3, -0.25) is 9.78 Å². The number of hydrogen-bond acceptors (Lipinski definition) is 6. The summed E-state index contributed by atoms with van der Waals surface area (Å²) in [5.41, 5.74) is -0.120. The Bertz CT molecular complexity index is 1350. The van der Waals surface area contributed by atoms with E-state index in [0.29, 0.717) is 11.3 Å². The average molecular weight is 526 g/mol. The zero-order valence-electron chi connectivity index (χ0n) is 18.5. The van der Waals surface area contributed by atoms with E-state index in [4.69, 9.17) is 0 Å². The average Bonchev–Trinajstić information content (AvgIpc) is 3.25. The van der Waals surface area contributed by atoms with E-state index >= 15 is 0 Å². The fraction of sp³-hybridized carbons (Fsp3) is 0.304. The molecule has 3 aromatic rings. The molecule has 1 fully saturated rings. The molecule has 13 heteroatoms. The van der Waals surface area contributed by atoms with E-state index < -0.39 is 45.7 Å². The Labute approximate surface area is 203 Å². The molecule has 1 aliphatic rings. The lowest BCUT2D eigenvalue weighted by Gasteiger charge is -2.24. The summed E-state index contributed by atoms with van der Waals surface area (Å²) in [5, 5.41) is 0. The summed E-state index contributed by atoms with van der Waals surface area (Å²) in [5.74, 6) is -1.29. The minimum atomic E-state index is -4.58. The Morgan fingerprint density at radius 2 is 1.78 bits per heavy atom. The molecule has 0 bridgehead atoms. The molecule has 0 spiro atoms. The molecule has 0 unspecified atom stereocenters. The van der Waals surface area contributed by atoms with Crippen molar-refractivity contribution in [2.45, 2.75) is 42.5 Å². The standard InChI is InChI=1S/C23H19F5N4O3S/c24-15-2-5-17(6-3-15)36(34,35)32-10-9-18(25)22(32)20(33)7-4-16-11-19(31-13-30-16)14-1-8-21(29-12-14)23(26,27)28/h1-3,5-6,8,11-13,18,22H,4,7,9-10H2/t18-,22+/m1/s1. The van der Waals surface area contributed by atoms with Crippen LogP contribution in [-0.2, 0) is 27.4 Å². The van der Waals surface area contributed by atoms with Crippen LogP contribution in [0.4, 0.5) is 22.0 Å². The van der Waals surface area contributed by atoms with Gasteiger partial charge in [-0.1, -0.05) is 0 Å². The molecule has 36 heavy (non-hydrogen) atoms. The first kappa shape index (κ1) is 25.8. The maximum Gasteiger partial charge on any atom is 0.433 e. The number of aromatic nitrogens is 3. The zero-order chi connectivity index (χ0) is 26.1. The highest BCUT2D eigenvalue weighted by atomic mass is 32.2. The lowest BCUT2D eigenvalue weighted by atomic mass is 10.0. The summed E-state index contributed by atoms with van der Waals surface area (Å²) in [6, 6.07) is 5.99. The van der Waals surface area contributed by atoms with E-state index in [0.717, 1.165) is 40.8 Å². The van der Waals surface area contributed by atoms with Gasteiger partial charge in [0, 0.05) is 30.4 Å². The number of carbonyl (C=O) groups is 1. The van der Waals surface area contributed by atoms with Crippen LogP contribution in [0.15, 0.2) is 59.9 Å². The molecule has 7 nitrogen and oxygen atoms in total. The molecule has 0 amide bonds. The van der Waals surface area contributed by atoms with Crippen LogP contribution in [0.3, 0.4) is 0 Å². The largest absolute Gasteiger partial charge is 0.433 e. The van der Waals surface area contributed by atoms with Gasteiger partial charge in [-0.2, -0.15) is 17.5 Å². The predicted molar refractivity (Wildman–Crippen MR) is 117 cm³/mol. The third-order valence-electron chi connectivity index (χ3n) is 5.73. The van der Waals surface area contributed by atoms with Crippen molar-refractivity contribution >= 4 is 15.8 Å². The lowest BCUT2D eigenvalue weighted by molar-refractivity contribution is -0.141. The number of pyridine rings is 1. The smallest absolute Gasteiger partial charge is 0.298 e.